The molecule has 30 heavy (non-hydrogen) atoms. The number of nitrogens with two attached hydrogens (primary N) is 1. The van der Waals surface area contributed by atoms with Crippen molar-refractivity contribution in [1.82, 2.24) is 19.5 Å². The number of hydrogen-bond donors (Lipinski definition) is 4. The lowest BCUT2D eigenvalue weighted by molar-refractivity contribution is 0.169. The Balaban J connectivity index is 1.98. The maximum atomic E-state index is 10.0. The van der Waals surface area contributed by atoms with Crippen LogP contribution >= 0.6 is 0 Å². The van der Waals surface area contributed by atoms with E-state index in [1.807, 2.05) is 29.7 Å². The second-order valence-electron chi connectivity index (χ2n) is 7.60. The third-order valence-corrected chi connectivity index (χ3v) is 5.14. The predicted molar refractivity (Wildman–Crippen MR) is 120 cm³/mol. The van der Waals surface area contributed by atoms with E-state index in [9.17, 15) is 5.11 Å². The van der Waals surface area contributed by atoms with Gasteiger partial charge in [0.15, 0.2) is 17.0 Å². The molecule has 3 rings (SSSR count). The molecule has 0 aliphatic carbocycles. The Morgan fingerprint density at radius 2 is 2.00 bits per heavy atom. The summed E-state index contributed by atoms with van der Waals surface area (Å²) < 4.78 is 7.30. The van der Waals surface area contributed by atoms with E-state index in [-0.39, 0.29) is 12.1 Å². The number of fused-ring (bicyclic) bond motifs is 1. The van der Waals surface area contributed by atoms with E-state index in [0.29, 0.717) is 35.3 Å². The molecule has 0 fully saturated rings. The van der Waals surface area contributed by atoms with Gasteiger partial charge in [0.1, 0.15) is 5.75 Å². The standard InChI is InChI=1S/C21H31N7O2/c1-6-15(13(4)29)25-21-26-19(18-20(27-21)28(11-24-18)12(2)3)23-10-14-8-7-9-16(30-5)17(14)22/h7-9,11-13,15,29H,6,10,22H2,1-5H3,(H2,23,25,26,27). The van der Waals surface area contributed by atoms with Gasteiger partial charge in [-0.1, -0.05) is 19.1 Å². The maximum Gasteiger partial charge on any atom is 0.227 e. The SMILES string of the molecule is CCC(Nc1nc(NCc2cccc(OC)c2N)c2ncn(C(C)C)c2n1)C(C)O. The molecule has 2 aromatic heterocycles. The van der Waals surface area contributed by atoms with Crippen molar-refractivity contribution in [3.63, 3.8) is 0 Å². The molecule has 9 nitrogen and oxygen atoms in total. The van der Waals surface area contributed by atoms with Crippen molar-refractivity contribution in [2.45, 2.75) is 58.8 Å². The highest BCUT2D eigenvalue weighted by Crippen LogP contribution is 2.28. The van der Waals surface area contributed by atoms with Crippen molar-refractivity contribution in [1.29, 1.82) is 0 Å². The van der Waals surface area contributed by atoms with Crippen molar-refractivity contribution in [3.05, 3.63) is 30.1 Å². The van der Waals surface area contributed by atoms with Crippen molar-refractivity contribution >= 4 is 28.6 Å². The Morgan fingerprint density at radius 1 is 1.23 bits per heavy atom. The minimum Gasteiger partial charge on any atom is -0.495 e. The number of hydrogen-bond acceptors (Lipinski definition) is 8. The number of benzene rings is 1. The summed E-state index contributed by atoms with van der Waals surface area (Å²) in [5.41, 5.74) is 9.10. The molecule has 0 saturated heterocycles. The average Bonchev–Trinajstić information content (AvgIpc) is 3.15. The number of nitrogen functional groups attached to an aromatic ring is 1. The third-order valence-electron chi connectivity index (χ3n) is 5.14. The number of aliphatic hydroxyl groups excluding tert-OH is 1. The Morgan fingerprint density at radius 3 is 2.63 bits per heavy atom. The number of imidazole rings is 1. The molecule has 0 spiro atoms. The van der Waals surface area contributed by atoms with Gasteiger partial charge in [0, 0.05) is 12.6 Å². The monoisotopic (exact) mass is 413 g/mol. The number of rotatable bonds is 9. The fourth-order valence-electron chi connectivity index (χ4n) is 3.31. The number of para-hydroxylation sites is 1. The highest BCUT2D eigenvalue weighted by Gasteiger charge is 2.19. The summed E-state index contributed by atoms with van der Waals surface area (Å²) in [6.07, 6.45) is 1.98. The summed E-state index contributed by atoms with van der Waals surface area (Å²) in [7, 11) is 1.60. The van der Waals surface area contributed by atoms with Crippen LogP contribution in [0.1, 0.15) is 45.7 Å². The van der Waals surface area contributed by atoms with Crippen LogP contribution < -0.4 is 21.1 Å². The van der Waals surface area contributed by atoms with E-state index >= 15 is 0 Å². The minimum absolute atomic E-state index is 0.153. The summed E-state index contributed by atoms with van der Waals surface area (Å²) in [4.78, 5) is 13.8. The number of nitrogens with one attached hydrogen (secondary N) is 2. The molecule has 5 N–H and O–H groups in total. The Kier molecular flexibility index (Phi) is 6.61. The zero-order chi connectivity index (χ0) is 21.8. The highest BCUT2D eigenvalue weighted by molar-refractivity contribution is 5.84. The normalized spacial score (nSPS) is 13.4. The first kappa shape index (κ1) is 21.6. The molecular weight excluding hydrogens is 382 g/mol. The molecule has 0 radical (unpaired) electrons. The lowest BCUT2D eigenvalue weighted by Crippen LogP contribution is -2.31. The smallest absolute Gasteiger partial charge is 0.227 e. The number of nitrogens with zero attached hydrogens (tertiary/aromatic N) is 4. The molecule has 2 atom stereocenters. The summed E-state index contributed by atoms with van der Waals surface area (Å²) in [5.74, 6) is 1.68. The predicted octanol–water partition coefficient (Wildman–Crippen LogP) is 3.18. The third kappa shape index (κ3) is 4.40. The first-order chi connectivity index (χ1) is 14.3. The van der Waals surface area contributed by atoms with Crippen molar-refractivity contribution < 1.29 is 9.84 Å². The molecule has 0 saturated carbocycles. The van der Waals surface area contributed by atoms with Crippen LogP contribution in [-0.4, -0.2) is 43.9 Å². The quantitative estimate of drug-likeness (QED) is 0.394. The summed E-state index contributed by atoms with van der Waals surface area (Å²) in [6, 6.07) is 5.71. The van der Waals surface area contributed by atoms with Gasteiger partial charge >= 0.3 is 0 Å². The van der Waals surface area contributed by atoms with Crippen LogP contribution in [0.4, 0.5) is 17.5 Å². The number of methoxy groups -OCH3 is 1. The molecule has 0 aliphatic heterocycles. The van der Waals surface area contributed by atoms with Gasteiger partial charge in [-0.3, -0.25) is 0 Å². The number of ether oxygens (including phenoxy) is 1. The van der Waals surface area contributed by atoms with E-state index in [4.69, 9.17) is 10.5 Å². The average molecular weight is 414 g/mol. The maximum absolute atomic E-state index is 10.0. The van der Waals surface area contributed by atoms with E-state index in [1.165, 1.54) is 0 Å². The van der Waals surface area contributed by atoms with Crippen LogP contribution in [0, 0.1) is 0 Å². The van der Waals surface area contributed by atoms with Gasteiger partial charge in [-0.25, -0.2) is 4.98 Å². The first-order valence-electron chi connectivity index (χ1n) is 10.2. The van der Waals surface area contributed by atoms with Crippen LogP contribution in [0.3, 0.4) is 0 Å². The van der Waals surface area contributed by atoms with Crippen LogP contribution in [0.25, 0.3) is 11.2 Å². The fourth-order valence-corrected chi connectivity index (χ4v) is 3.31. The number of aromatic nitrogens is 4. The lowest BCUT2D eigenvalue weighted by Gasteiger charge is -2.20. The van der Waals surface area contributed by atoms with Gasteiger partial charge in [-0.15, -0.1) is 0 Å². The molecular formula is C21H31N7O2. The van der Waals surface area contributed by atoms with Crippen LogP contribution in [0.5, 0.6) is 5.75 Å². The van der Waals surface area contributed by atoms with Gasteiger partial charge in [0.05, 0.1) is 31.3 Å². The minimum atomic E-state index is -0.530. The van der Waals surface area contributed by atoms with Gasteiger partial charge in [-0.2, -0.15) is 9.97 Å². The first-order valence-corrected chi connectivity index (χ1v) is 10.2. The molecule has 2 unspecified atom stereocenters. The molecule has 9 heteroatoms. The summed E-state index contributed by atoms with van der Waals surface area (Å²) in [6.45, 7) is 8.36. The van der Waals surface area contributed by atoms with Gasteiger partial charge in [-0.05, 0) is 38.8 Å². The number of anilines is 3. The summed E-state index contributed by atoms with van der Waals surface area (Å²) in [5, 5.41) is 16.6. The van der Waals surface area contributed by atoms with Crippen molar-refractivity contribution in [2.24, 2.45) is 0 Å². The van der Waals surface area contributed by atoms with E-state index in [1.54, 1.807) is 20.4 Å². The fraction of sp³-hybridized carbons (Fsp3) is 0.476. The molecule has 1 aromatic carbocycles. The van der Waals surface area contributed by atoms with Gasteiger partial charge in [0.2, 0.25) is 5.95 Å². The molecule has 2 heterocycles. The van der Waals surface area contributed by atoms with E-state index in [0.717, 1.165) is 17.6 Å². The Labute approximate surface area is 176 Å². The molecule has 162 valence electrons. The van der Waals surface area contributed by atoms with Crippen molar-refractivity contribution in [3.8, 4) is 5.75 Å². The second-order valence-corrected chi connectivity index (χ2v) is 7.60. The topological polar surface area (TPSA) is 123 Å². The van der Waals surface area contributed by atoms with E-state index < -0.39 is 6.10 Å². The molecule has 3 aromatic rings. The number of aliphatic hydroxyl groups is 1. The molecule has 0 bridgehead atoms. The van der Waals surface area contributed by atoms with Crippen LogP contribution in [0.15, 0.2) is 24.5 Å². The largest absolute Gasteiger partial charge is 0.495 e. The van der Waals surface area contributed by atoms with Crippen molar-refractivity contribution in [2.75, 3.05) is 23.5 Å². The lowest BCUT2D eigenvalue weighted by atomic mass is 10.1. The van der Waals surface area contributed by atoms with Gasteiger partial charge in [0.25, 0.3) is 0 Å². The van der Waals surface area contributed by atoms with Crippen LogP contribution in [0.2, 0.25) is 0 Å². The molecule has 0 amide bonds. The zero-order valence-electron chi connectivity index (χ0n) is 18.2. The van der Waals surface area contributed by atoms with E-state index in [2.05, 4.69) is 39.4 Å². The highest BCUT2D eigenvalue weighted by atomic mass is 16.5. The van der Waals surface area contributed by atoms with Crippen LogP contribution in [-0.2, 0) is 6.54 Å². The summed E-state index contributed by atoms with van der Waals surface area (Å²) >= 11 is 0. The molecule has 0 aliphatic rings. The second kappa shape index (κ2) is 9.17. The Hall–Kier alpha value is -3.07. The Bertz CT molecular complexity index is 1000. The zero-order valence-corrected chi connectivity index (χ0v) is 18.2. The van der Waals surface area contributed by atoms with Gasteiger partial charge < -0.3 is 30.8 Å².